The minimum absolute atomic E-state index is 0.106. The predicted molar refractivity (Wildman–Crippen MR) is 92.5 cm³/mol. The SMILES string of the molecule is COC(=O)c1cccc(NC(=O)CCc2ccc(OC)c(C)c2)c1. The molecule has 2 rings (SSSR count). The van der Waals surface area contributed by atoms with Crippen LogP contribution in [0.2, 0.25) is 0 Å². The van der Waals surface area contributed by atoms with Crippen LogP contribution in [0.3, 0.4) is 0 Å². The van der Waals surface area contributed by atoms with Crippen LogP contribution in [-0.2, 0) is 16.0 Å². The largest absolute Gasteiger partial charge is 0.496 e. The number of benzene rings is 2. The molecular formula is C19H21NO4. The zero-order valence-corrected chi connectivity index (χ0v) is 14.1. The van der Waals surface area contributed by atoms with Crippen LogP contribution in [-0.4, -0.2) is 26.1 Å². The van der Waals surface area contributed by atoms with E-state index in [-0.39, 0.29) is 5.91 Å². The van der Waals surface area contributed by atoms with Gasteiger partial charge in [0.25, 0.3) is 0 Å². The normalized spacial score (nSPS) is 10.1. The molecule has 0 aliphatic carbocycles. The Kier molecular flexibility index (Phi) is 5.95. The second kappa shape index (κ2) is 8.15. The second-order valence-corrected chi connectivity index (χ2v) is 5.42. The van der Waals surface area contributed by atoms with Crippen LogP contribution in [0.25, 0.3) is 0 Å². The van der Waals surface area contributed by atoms with E-state index in [1.54, 1.807) is 31.4 Å². The third-order valence-electron chi connectivity index (χ3n) is 3.67. The molecule has 5 nitrogen and oxygen atoms in total. The number of anilines is 1. The topological polar surface area (TPSA) is 64.6 Å². The van der Waals surface area contributed by atoms with Crippen molar-refractivity contribution >= 4 is 17.6 Å². The van der Waals surface area contributed by atoms with Gasteiger partial charge in [-0.1, -0.05) is 18.2 Å². The fourth-order valence-corrected chi connectivity index (χ4v) is 2.42. The van der Waals surface area contributed by atoms with E-state index in [4.69, 9.17) is 4.74 Å². The average molecular weight is 327 g/mol. The third-order valence-corrected chi connectivity index (χ3v) is 3.67. The van der Waals surface area contributed by atoms with E-state index in [1.807, 2.05) is 25.1 Å². The van der Waals surface area contributed by atoms with Crippen molar-refractivity contribution in [3.63, 3.8) is 0 Å². The molecule has 0 radical (unpaired) electrons. The molecule has 0 aliphatic rings. The number of ether oxygens (including phenoxy) is 2. The first kappa shape index (κ1) is 17.5. The van der Waals surface area contributed by atoms with E-state index in [0.29, 0.717) is 24.1 Å². The molecule has 2 aromatic rings. The maximum Gasteiger partial charge on any atom is 0.337 e. The van der Waals surface area contributed by atoms with Crippen LogP contribution in [0.15, 0.2) is 42.5 Å². The van der Waals surface area contributed by atoms with Crippen molar-refractivity contribution in [3.8, 4) is 5.75 Å². The van der Waals surface area contributed by atoms with Gasteiger partial charge in [-0.3, -0.25) is 4.79 Å². The summed E-state index contributed by atoms with van der Waals surface area (Å²) in [6.45, 7) is 1.97. The van der Waals surface area contributed by atoms with Gasteiger partial charge in [-0.05, 0) is 48.7 Å². The number of methoxy groups -OCH3 is 2. The van der Waals surface area contributed by atoms with Gasteiger partial charge < -0.3 is 14.8 Å². The molecule has 0 fully saturated rings. The number of esters is 1. The van der Waals surface area contributed by atoms with Gasteiger partial charge in [0.2, 0.25) is 5.91 Å². The lowest BCUT2D eigenvalue weighted by molar-refractivity contribution is -0.116. The van der Waals surface area contributed by atoms with Crippen LogP contribution in [0.1, 0.15) is 27.9 Å². The van der Waals surface area contributed by atoms with Gasteiger partial charge in [-0.15, -0.1) is 0 Å². The van der Waals surface area contributed by atoms with Crippen molar-refractivity contribution in [1.82, 2.24) is 0 Å². The van der Waals surface area contributed by atoms with Crippen molar-refractivity contribution in [2.45, 2.75) is 19.8 Å². The number of aryl methyl sites for hydroxylation is 2. The zero-order chi connectivity index (χ0) is 17.5. The Morgan fingerprint density at radius 2 is 1.88 bits per heavy atom. The van der Waals surface area contributed by atoms with E-state index in [1.165, 1.54) is 7.11 Å². The molecule has 0 atom stereocenters. The Labute approximate surface area is 141 Å². The summed E-state index contributed by atoms with van der Waals surface area (Å²) in [6.07, 6.45) is 0.988. The number of rotatable bonds is 6. The Bertz CT molecular complexity index is 740. The van der Waals surface area contributed by atoms with Crippen LogP contribution in [0, 0.1) is 6.92 Å². The van der Waals surface area contributed by atoms with Gasteiger partial charge in [0.1, 0.15) is 5.75 Å². The van der Waals surface area contributed by atoms with Crippen molar-refractivity contribution in [2.75, 3.05) is 19.5 Å². The lowest BCUT2D eigenvalue weighted by Crippen LogP contribution is -2.13. The summed E-state index contributed by atoms with van der Waals surface area (Å²) in [7, 11) is 2.96. The van der Waals surface area contributed by atoms with Crippen LogP contribution < -0.4 is 10.1 Å². The Balaban J connectivity index is 1.94. The quantitative estimate of drug-likeness (QED) is 0.826. The summed E-state index contributed by atoms with van der Waals surface area (Å²) in [6, 6.07) is 12.6. The maximum absolute atomic E-state index is 12.1. The maximum atomic E-state index is 12.1. The molecule has 5 heteroatoms. The summed E-state index contributed by atoms with van der Waals surface area (Å²) in [5, 5.41) is 2.80. The fraction of sp³-hybridized carbons (Fsp3) is 0.263. The second-order valence-electron chi connectivity index (χ2n) is 5.42. The summed E-state index contributed by atoms with van der Waals surface area (Å²) in [4.78, 5) is 23.6. The van der Waals surface area contributed by atoms with Crippen molar-refractivity contribution in [1.29, 1.82) is 0 Å². The number of amides is 1. The first-order chi connectivity index (χ1) is 11.5. The van der Waals surface area contributed by atoms with E-state index >= 15 is 0 Å². The number of hydrogen-bond donors (Lipinski definition) is 1. The van der Waals surface area contributed by atoms with E-state index < -0.39 is 5.97 Å². The Hall–Kier alpha value is -2.82. The van der Waals surface area contributed by atoms with Crippen LogP contribution in [0.4, 0.5) is 5.69 Å². The Morgan fingerprint density at radius 1 is 1.08 bits per heavy atom. The van der Waals surface area contributed by atoms with E-state index in [2.05, 4.69) is 10.1 Å². The zero-order valence-electron chi connectivity index (χ0n) is 14.1. The van der Waals surface area contributed by atoms with Crippen LogP contribution in [0.5, 0.6) is 5.75 Å². The summed E-state index contributed by atoms with van der Waals surface area (Å²) >= 11 is 0. The molecule has 0 unspecified atom stereocenters. The Morgan fingerprint density at radius 3 is 2.54 bits per heavy atom. The van der Waals surface area contributed by atoms with Gasteiger partial charge >= 0.3 is 5.97 Å². The van der Waals surface area contributed by atoms with Gasteiger partial charge in [0.05, 0.1) is 19.8 Å². The standard InChI is InChI=1S/C19H21NO4/c1-13-11-14(7-9-17(13)23-2)8-10-18(21)20-16-6-4-5-15(12-16)19(22)24-3/h4-7,9,11-12H,8,10H2,1-3H3,(H,20,21). The van der Waals surface area contributed by atoms with Crippen molar-refractivity contribution in [3.05, 3.63) is 59.2 Å². The molecule has 0 spiro atoms. The molecule has 2 aromatic carbocycles. The lowest BCUT2D eigenvalue weighted by Gasteiger charge is -2.09. The van der Waals surface area contributed by atoms with E-state index in [0.717, 1.165) is 16.9 Å². The first-order valence-corrected chi connectivity index (χ1v) is 7.65. The number of hydrogen-bond acceptors (Lipinski definition) is 4. The number of carbonyl (C=O) groups is 2. The molecule has 0 bridgehead atoms. The summed E-state index contributed by atoms with van der Waals surface area (Å²) in [5.41, 5.74) is 3.10. The van der Waals surface area contributed by atoms with Crippen molar-refractivity contribution < 1.29 is 19.1 Å². The third kappa shape index (κ3) is 4.59. The molecule has 0 heterocycles. The summed E-state index contributed by atoms with van der Waals surface area (Å²) < 4.78 is 9.90. The first-order valence-electron chi connectivity index (χ1n) is 7.65. The minimum atomic E-state index is -0.431. The minimum Gasteiger partial charge on any atom is -0.496 e. The van der Waals surface area contributed by atoms with Crippen LogP contribution >= 0.6 is 0 Å². The molecule has 0 saturated carbocycles. The van der Waals surface area contributed by atoms with Gasteiger partial charge in [-0.2, -0.15) is 0 Å². The molecular weight excluding hydrogens is 306 g/mol. The van der Waals surface area contributed by atoms with Gasteiger partial charge in [0.15, 0.2) is 0 Å². The molecule has 0 aliphatic heterocycles. The fourth-order valence-electron chi connectivity index (χ4n) is 2.42. The molecule has 1 amide bonds. The number of carbonyl (C=O) groups excluding carboxylic acids is 2. The highest BCUT2D eigenvalue weighted by atomic mass is 16.5. The average Bonchev–Trinajstić information content (AvgIpc) is 2.59. The number of nitrogens with one attached hydrogen (secondary N) is 1. The summed E-state index contributed by atoms with van der Waals surface area (Å²) in [5.74, 6) is 0.299. The van der Waals surface area contributed by atoms with Crippen molar-refractivity contribution in [2.24, 2.45) is 0 Å². The predicted octanol–water partition coefficient (Wildman–Crippen LogP) is 3.36. The lowest BCUT2D eigenvalue weighted by atomic mass is 10.1. The highest BCUT2D eigenvalue weighted by Gasteiger charge is 2.08. The van der Waals surface area contributed by atoms with E-state index in [9.17, 15) is 9.59 Å². The molecule has 24 heavy (non-hydrogen) atoms. The highest BCUT2D eigenvalue weighted by Crippen LogP contribution is 2.19. The van der Waals surface area contributed by atoms with Gasteiger partial charge in [-0.25, -0.2) is 4.79 Å². The monoisotopic (exact) mass is 327 g/mol. The molecule has 1 N–H and O–H groups in total. The molecule has 0 aromatic heterocycles. The molecule has 0 saturated heterocycles. The smallest absolute Gasteiger partial charge is 0.337 e. The highest BCUT2D eigenvalue weighted by molar-refractivity contribution is 5.94. The van der Waals surface area contributed by atoms with Gasteiger partial charge in [0, 0.05) is 12.1 Å². The molecule has 126 valence electrons.